The number of halogens is 2. The Labute approximate surface area is 87.5 Å². The van der Waals surface area contributed by atoms with E-state index in [4.69, 9.17) is 17.3 Å². The lowest BCUT2D eigenvalue weighted by Gasteiger charge is -2.26. The normalized spacial score (nSPS) is 15.2. The number of aliphatic hydroxyl groups excluding tert-OH is 1. The number of aliphatic hydroxyl groups is 1. The number of benzene rings is 1. The molecule has 78 valence electrons. The van der Waals surface area contributed by atoms with Crippen molar-refractivity contribution in [1.82, 2.24) is 0 Å². The highest BCUT2D eigenvalue weighted by Gasteiger charge is 2.26. The van der Waals surface area contributed by atoms with Crippen LogP contribution in [-0.2, 0) is 5.41 Å². The van der Waals surface area contributed by atoms with Crippen LogP contribution >= 0.6 is 11.6 Å². The minimum atomic E-state index is -0.681. The number of hydrogen-bond acceptors (Lipinski definition) is 2. The third-order valence-electron chi connectivity index (χ3n) is 2.38. The Balaban J connectivity index is 3.22. The second kappa shape index (κ2) is 4.26. The van der Waals surface area contributed by atoms with E-state index in [1.165, 1.54) is 18.2 Å². The van der Waals surface area contributed by atoms with Crippen LogP contribution in [0, 0.1) is 5.82 Å². The maximum absolute atomic E-state index is 13.0. The second-order valence-electron chi connectivity index (χ2n) is 3.55. The molecular weight excluding hydrogens is 205 g/mol. The van der Waals surface area contributed by atoms with Gasteiger partial charge in [-0.05, 0) is 23.8 Å². The zero-order valence-electron chi connectivity index (χ0n) is 7.93. The largest absolute Gasteiger partial charge is 0.395 e. The van der Waals surface area contributed by atoms with Crippen LogP contribution in [0.1, 0.15) is 12.5 Å². The molecule has 2 nitrogen and oxygen atoms in total. The van der Waals surface area contributed by atoms with Crippen molar-refractivity contribution in [2.75, 3.05) is 13.2 Å². The molecule has 0 aliphatic carbocycles. The van der Waals surface area contributed by atoms with Crippen LogP contribution in [0.4, 0.5) is 4.39 Å². The van der Waals surface area contributed by atoms with Crippen molar-refractivity contribution >= 4 is 11.6 Å². The van der Waals surface area contributed by atoms with Gasteiger partial charge in [-0.3, -0.25) is 0 Å². The molecule has 1 atom stereocenters. The molecule has 0 aliphatic rings. The fourth-order valence-corrected chi connectivity index (χ4v) is 1.57. The molecule has 0 aliphatic heterocycles. The Kier molecular flexibility index (Phi) is 3.48. The fraction of sp³-hybridized carbons (Fsp3) is 0.400. The van der Waals surface area contributed by atoms with Crippen LogP contribution in [0.2, 0.25) is 5.02 Å². The average molecular weight is 218 g/mol. The van der Waals surface area contributed by atoms with Gasteiger partial charge < -0.3 is 10.8 Å². The van der Waals surface area contributed by atoms with E-state index < -0.39 is 5.41 Å². The molecule has 0 amide bonds. The van der Waals surface area contributed by atoms with Gasteiger partial charge >= 0.3 is 0 Å². The van der Waals surface area contributed by atoms with Gasteiger partial charge in [0.05, 0.1) is 6.61 Å². The zero-order chi connectivity index (χ0) is 10.8. The SMILES string of the molecule is CC(CN)(CO)c1cc(F)ccc1Cl. The van der Waals surface area contributed by atoms with Crippen LogP contribution in [0.15, 0.2) is 18.2 Å². The third-order valence-corrected chi connectivity index (χ3v) is 2.71. The maximum atomic E-state index is 13.0. The third kappa shape index (κ3) is 2.05. The lowest BCUT2D eigenvalue weighted by atomic mass is 9.83. The summed E-state index contributed by atoms with van der Waals surface area (Å²) in [6.45, 7) is 1.80. The van der Waals surface area contributed by atoms with E-state index >= 15 is 0 Å². The standard InChI is InChI=1S/C10H13ClFNO/c1-10(5-13,6-14)8-4-7(12)2-3-9(8)11/h2-4,14H,5-6,13H2,1H3. The van der Waals surface area contributed by atoms with Crippen molar-refractivity contribution in [3.05, 3.63) is 34.6 Å². The lowest BCUT2D eigenvalue weighted by Crippen LogP contribution is -2.35. The van der Waals surface area contributed by atoms with E-state index in [9.17, 15) is 9.50 Å². The van der Waals surface area contributed by atoms with Gasteiger partial charge in [0.2, 0.25) is 0 Å². The Morgan fingerprint density at radius 2 is 2.21 bits per heavy atom. The van der Waals surface area contributed by atoms with Crippen LogP contribution in [0.25, 0.3) is 0 Å². The van der Waals surface area contributed by atoms with E-state index in [0.29, 0.717) is 10.6 Å². The molecule has 0 fully saturated rings. The molecule has 0 bridgehead atoms. The molecule has 0 saturated carbocycles. The van der Waals surface area contributed by atoms with Gasteiger partial charge in [-0.25, -0.2) is 4.39 Å². The zero-order valence-corrected chi connectivity index (χ0v) is 8.68. The van der Waals surface area contributed by atoms with Crippen LogP contribution < -0.4 is 5.73 Å². The van der Waals surface area contributed by atoms with E-state index in [-0.39, 0.29) is 19.0 Å². The molecule has 0 heterocycles. The van der Waals surface area contributed by atoms with Gasteiger partial charge in [-0.2, -0.15) is 0 Å². The van der Waals surface area contributed by atoms with Gasteiger partial charge in [-0.15, -0.1) is 0 Å². The lowest BCUT2D eigenvalue weighted by molar-refractivity contribution is 0.210. The van der Waals surface area contributed by atoms with E-state index in [2.05, 4.69) is 0 Å². The first-order chi connectivity index (χ1) is 6.53. The van der Waals surface area contributed by atoms with Gasteiger partial charge in [0.25, 0.3) is 0 Å². The number of nitrogens with two attached hydrogens (primary N) is 1. The van der Waals surface area contributed by atoms with E-state index in [1.807, 2.05) is 0 Å². The Bertz CT molecular complexity index is 326. The number of rotatable bonds is 3. The molecule has 1 aromatic rings. The topological polar surface area (TPSA) is 46.2 Å². The predicted molar refractivity (Wildman–Crippen MR) is 54.9 cm³/mol. The monoisotopic (exact) mass is 217 g/mol. The quantitative estimate of drug-likeness (QED) is 0.810. The number of hydrogen-bond donors (Lipinski definition) is 2. The first kappa shape index (κ1) is 11.4. The molecule has 0 spiro atoms. The molecule has 1 unspecified atom stereocenters. The minimum Gasteiger partial charge on any atom is -0.395 e. The van der Waals surface area contributed by atoms with E-state index in [1.54, 1.807) is 6.92 Å². The molecule has 4 heteroatoms. The minimum absolute atomic E-state index is 0.160. The molecule has 14 heavy (non-hydrogen) atoms. The van der Waals surface area contributed by atoms with Crippen molar-refractivity contribution < 1.29 is 9.50 Å². The Morgan fingerprint density at radius 1 is 1.57 bits per heavy atom. The Hall–Kier alpha value is -0.640. The summed E-state index contributed by atoms with van der Waals surface area (Å²) < 4.78 is 13.0. The molecule has 0 saturated heterocycles. The summed E-state index contributed by atoms with van der Waals surface area (Å²) >= 11 is 5.90. The molecule has 3 N–H and O–H groups in total. The van der Waals surface area contributed by atoms with Crippen molar-refractivity contribution in [3.8, 4) is 0 Å². The summed E-state index contributed by atoms with van der Waals surface area (Å²) in [5.41, 5.74) is 5.39. The predicted octanol–water partition coefficient (Wildman–Crippen LogP) is 1.69. The highest BCUT2D eigenvalue weighted by molar-refractivity contribution is 6.31. The second-order valence-corrected chi connectivity index (χ2v) is 3.95. The van der Waals surface area contributed by atoms with Crippen LogP contribution in [-0.4, -0.2) is 18.3 Å². The van der Waals surface area contributed by atoms with Gasteiger partial charge in [-0.1, -0.05) is 18.5 Å². The van der Waals surface area contributed by atoms with Crippen molar-refractivity contribution in [1.29, 1.82) is 0 Å². The summed E-state index contributed by atoms with van der Waals surface area (Å²) in [5.74, 6) is -0.377. The summed E-state index contributed by atoms with van der Waals surface area (Å²) in [4.78, 5) is 0. The molecule has 1 rings (SSSR count). The smallest absolute Gasteiger partial charge is 0.123 e. The molecular formula is C10H13ClFNO. The van der Waals surface area contributed by atoms with Crippen LogP contribution in [0.3, 0.4) is 0 Å². The highest BCUT2D eigenvalue weighted by atomic mass is 35.5. The van der Waals surface area contributed by atoms with Gasteiger partial charge in [0.1, 0.15) is 5.82 Å². The average Bonchev–Trinajstić information content (AvgIpc) is 2.20. The van der Waals surface area contributed by atoms with Gasteiger partial charge in [0.15, 0.2) is 0 Å². The molecule has 1 aromatic carbocycles. The Morgan fingerprint density at radius 3 is 2.71 bits per heavy atom. The fourth-order valence-electron chi connectivity index (χ4n) is 1.22. The molecule has 0 radical (unpaired) electrons. The maximum Gasteiger partial charge on any atom is 0.123 e. The van der Waals surface area contributed by atoms with Crippen molar-refractivity contribution in [2.24, 2.45) is 5.73 Å². The highest BCUT2D eigenvalue weighted by Crippen LogP contribution is 2.29. The van der Waals surface area contributed by atoms with E-state index in [0.717, 1.165) is 0 Å². The summed E-state index contributed by atoms with van der Waals surface area (Å²) in [7, 11) is 0. The molecule has 0 aromatic heterocycles. The summed E-state index contributed by atoms with van der Waals surface area (Å²) in [6.07, 6.45) is 0. The van der Waals surface area contributed by atoms with Crippen molar-refractivity contribution in [2.45, 2.75) is 12.3 Å². The first-order valence-electron chi connectivity index (χ1n) is 4.30. The summed E-state index contributed by atoms with van der Waals surface area (Å²) in [5, 5.41) is 9.62. The van der Waals surface area contributed by atoms with Gasteiger partial charge in [0, 0.05) is 17.0 Å². The van der Waals surface area contributed by atoms with Crippen molar-refractivity contribution in [3.63, 3.8) is 0 Å². The first-order valence-corrected chi connectivity index (χ1v) is 4.68. The van der Waals surface area contributed by atoms with Crippen LogP contribution in [0.5, 0.6) is 0 Å². The summed E-state index contributed by atoms with van der Waals surface area (Å²) in [6, 6.07) is 4.06.